The van der Waals surface area contributed by atoms with Gasteiger partial charge in [-0.15, -0.1) is 0 Å². The van der Waals surface area contributed by atoms with E-state index in [9.17, 15) is 9.59 Å². The van der Waals surface area contributed by atoms with E-state index in [2.05, 4.69) is 15.6 Å². The lowest BCUT2D eigenvalue weighted by Crippen LogP contribution is -2.60. The largest absolute Gasteiger partial charge is 0.487 e. The molecule has 1 aliphatic carbocycles. The number of hydrogen-bond acceptors (Lipinski definition) is 5. The first-order valence-corrected chi connectivity index (χ1v) is 12.7. The molecule has 2 aromatic rings. The van der Waals surface area contributed by atoms with Gasteiger partial charge in [0.1, 0.15) is 11.4 Å². The average molecular weight is 510 g/mol. The van der Waals surface area contributed by atoms with Gasteiger partial charge in [-0.2, -0.15) is 0 Å². The van der Waals surface area contributed by atoms with Gasteiger partial charge < -0.3 is 15.4 Å². The molecule has 1 saturated carbocycles. The Morgan fingerprint density at radius 2 is 2.03 bits per heavy atom. The molecule has 36 heavy (non-hydrogen) atoms. The summed E-state index contributed by atoms with van der Waals surface area (Å²) < 4.78 is 6.11. The van der Waals surface area contributed by atoms with Gasteiger partial charge in [0, 0.05) is 42.3 Å². The van der Waals surface area contributed by atoms with Crippen molar-refractivity contribution < 1.29 is 14.3 Å². The average Bonchev–Trinajstić information content (AvgIpc) is 3.55. The second-order valence-corrected chi connectivity index (χ2v) is 11.8. The molecule has 1 saturated heterocycles. The fourth-order valence-corrected chi connectivity index (χ4v) is 5.74. The molecular weight excluding hydrogens is 478 g/mol. The van der Waals surface area contributed by atoms with Crippen LogP contribution in [0.2, 0.25) is 5.02 Å². The van der Waals surface area contributed by atoms with E-state index in [1.807, 2.05) is 52.0 Å². The van der Waals surface area contributed by atoms with E-state index < -0.39 is 17.2 Å². The van der Waals surface area contributed by atoms with Crippen molar-refractivity contribution >= 4 is 29.4 Å². The van der Waals surface area contributed by atoms with Crippen molar-refractivity contribution in [3.8, 4) is 5.75 Å². The van der Waals surface area contributed by atoms with Crippen LogP contribution in [0.1, 0.15) is 70.2 Å². The van der Waals surface area contributed by atoms with Crippen LogP contribution >= 0.6 is 11.6 Å². The van der Waals surface area contributed by atoms with Gasteiger partial charge in [0.15, 0.2) is 5.96 Å². The molecule has 8 nitrogen and oxygen atoms in total. The van der Waals surface area contributed by atoms with Crippen LogP contribution in [0, 0.1) is 17.2 Å². The Balaban J connectivity index is 1.39. The molecule has 2 amide bonds. The maximum absolute atomic E-state index is 13.5. The molecule has 0 bridgehead atoms. The molecule has 0 unspecified atom stereocenters. The number of pyridine rings is 1. The number of carbonyl (C=O) groups is 2. The Morgan fingerprint density at radius 1 is 1.28 bits per heavy atom. The van der Waals surface area contributed by atoms with E-state index in [0.717, 1.165) is 16.9 Å². The number of nitrogens with zero attached hydrogens (tertiary/aromatic N) is 2. The number of aromatic nitrogens is 1. The molecule has 9 heteroatoms. The normalized spacial score (nSPS) is 26.8. The lowest BCUT2D eigenvalue weighted by atomic mass is 9.89. The van der Waals surface area contributed by atoms with Gasteiger partial charge in [-0.05, 0) is 57.7 Å². The van der Waals surface area contributed by atoms with Gasteiger partial charge in [0.2, 0.25) is 11.8 Å². The zero-order valence-electron chi connectivity index (χ0n) is 21.0. The number of benzene rings is 1. The topological polar surface area (TPSA) is 107 Å². The summed E-state index contributed by atoms with van der Waals surface area (Å²) >= 11 is 6.25. The number of rotatable bonds is 5. The molecule has 0 radical (unpaired) electrons. The predicted octanol–water partition coefficient (Wildman–Crippen LogP) is 4.37. The SMILES string of the molecule is CC1(C)CC(=O)N([C@@H](c2cncc(Cl)c2)[C@@H]2C[C@H]2C(=O)N[C@H]2CC(C)(C)Oc3ccccc32)C(=N)N1. The third-order valence-corrected chi connectivity index (χ3v) is 7.39. The van der Waals surface area contributed by atoms with Crippen LogP contribution in [-0.4, -0.2) is 38.8 Å². The predicted molar refractivity (Wildman–Crippen MR) is 137 cm³/mol. The summed E-state index contributed by atoms with van der Waals surface area (Å²) in [6.07, 6.45) is 4.72. The van der Waals surface area contributed by atoms with Crippen LogP contribution in [-0.2, 0) is 9.59 Å². The van der Waals surface area contributed by atoms with E-state index >= 15 is 0 Å². The van der Waals surface area contributed by atoms with Gasteiger partial charge in [0.25, 0.3) is 0 Å². The quantitative estimate of drug-likeness (QED) is 0.555. The Morgan fingerprint density at radius 3 is 2.75 bits per heavy atom. The standard InChI is InChI=1S/C27H32ClN5O3/c1-26(2)12-22(34)33(25(29)32-26)23(15-9-16(28)14-30-13-15)18-10-19(18)24(35)31-20-11-27(3,4)36-21-8-6-5-7-17(20)21/h5-9,13-14,18-20,23H,10-12H2,1-4H3,(H2,29,32)(H,31,35)/t18-,19-,20+,23+/m1/s1. The zero-order valence-corrected chi connectivity index (χ0v) is 21.7. The Kier molecular flexibility index (Phi) is 5.98. The molecule has 4 atom stereocenters. The lowest BCUT2D eigenvalue weighted by molar-refractivity contribution is -0.133. The summed E-state index contributed by atoms with van der Waals surface area (Å²) in [5, 5.41) is 15.4. The minimum atomic E-state index is -0.509. The lowest BCUT2D eigenvalue weighted by Gasteiger charge is -2.42. The number of amides is 2. The first kappa shape index (κ1) is 24.6. The third-order valence-electron chi connectivity index (χ3n) is 7.18. The second-order valence-electron chi connectivity index (χ2n) is 11.4. The van der Waals surface area contributed by atoms with Crippen LogP contribution in [0.3, 0.4) is 0 Å². The minimum Gasteiger partial charge on any atom is -0.487 e. The van der Waals surface area contributed by atoms with E-state index in [4.69, 9.17) is 21.7 Å². The van der Waals surface area contributed by atoms with Gasteiger partial charge in [-0.3, -0.25) is 24.9 Å². The number of hydrogen-bond donors (Lipinski definition) is 3. The highest BCUT2D eigenvalue weighted by Crippen LogP contribution is 2.51. The second kappa shape index (κ2) is 8.76. The van der Waals surface area contributed by atoms with Crippen molar-refractivity contribution in [2.24, 2.45) is 11.8 Å². The highest BCUT2D eigenvalue weighted by molar-refractivity contribution is 6.30. The molecular formula is C27H32ClN5O3. The smallest absolute Gasteiger partial charge is 0.232 e. The number of fused-ring (bicyclic) bond motifs is 1. The van der Waals surface area contributed by atoms with Crippen LogP contribution in [0.25, 0.3) is 0 Å². The van der Waals surface area contributed by atoms with E-state index in [-0.39, 0.29) is 42.1 Å². The molecule has 1 aromatic heterocycles. The maximum atomic E-state index is 13.5. The van der Waals surface area contributed by atoms with Crippen LogP contribution in [0.5, 0.6) is 5.75 Å². The minimum absolute atomic E-state index is 0.0346. The summed E-state index contributed by atoms with van der Waals surface area (Å²) in [7, 11) is 0. The van der Waals surface area contributed by atoms with Crippen molar-refractivity contribution in [3.63, 3.8) is 0 Å². The molecule has 1 aromatic carbocycles. The van der Waals surface area contributed by atoms with Crippen molar-refractivity contribution in [2.45, 2.75) is 70.2 Å². The van der Waals surface area contributed by atoms with E-state index in [1.165, 1.54) is 11.1 Å². The Hall–Kier alpha value is -3.13. The number of ether oxygens (including phenoxy) is 1. The number of guanidine groups is 1. The molecule has 3 heterocycles. The van der Waals surface area contributed by atoms with E-state index in [1.54, 1.807) is 12.3 Å². The van der Waals surface area contributed by atoms with Crippen molar-refractivity contribution in [1.29, 1.82) is 5.41 Å². The molecule has 5 rings (SSSR count). The maximum Gasteiger partial charge on any atom is 0.232 e. The van der Waals surface area contributed by atoms with Crippen molar-refractivity contribution in [3.05, 3.63) is 58.9 Å². The number of halogens is 1. The fraction of sp³-hybridized carbons (Fsp3) is 0.481. The zero-order chi connectivity index (χ0) is 25.8. The van der Waals surface area contributed by atoms with E-state index in [0.29, 0.717) is 17.9 Å². The summed E-state index contributed by atoms with van der Waals surface area (Å²) in [5.41, 5.74) is 0.779. The monoisotopic (exact) mass is 509 g/mol. The van der Waals surface area contributed by atoms with Gasteiger partial charge in [-0.25, -0.2) is 0 Å². The number of para-hydroxylation sites is 1. The molecule has 3 aliphatic rings. The van der Waals surface area contributed by atoms with Crippen LogP contribution < -0.4 is 15.4 Å². The van der Waals surface area contributed by atoms with Crippen molar-refractivity contribution in [1.82, 2.24) is 20.5 Å². The van der Waals surface area contributed by atoms with Crippen molar-refractivity contribution in [2.75, 3.05) is 0 Å². The third kappa shape index (κ3) is 4.78. The number of nitrogens with one attached hydrogen (secondary N) is 3. The molecule has 2 aliphatic heterocycles. The molecule has 0 spiro atoms. The first-order chi connectivity index (χ1) is 16.9. The van der Waals surface area contributed by atoms with Gasteiger partial charge >= 0.3 is 0 Å². The highest BCUT2D eigenvalue weighted by atomic mass is 35.5. The molecule has 3 N–H and O–H groups in total. The van der Waals surface area contributed by atoms with Gasteiger partial charge in [0.05, 0.1) is 17.1 Å². The van der Waals surface area contributed by atoms with Crippen LogP contribution in [0.15, 0.2) is 42.7 Å². The number of carbonyl (C=O) groups excluding carboxylic acids is 2. The molecule has 190 valence electrons. The summed E-state index contributed by atoms with van der Waals surface area (Å²) in [4.78, 5) is 32.4. The summed E-state index contributed by atoms with van der Waals surface area (Å²) in [6, 6.07) is 8.89. The van der Waals surface area contributed by atoms with Crippen LogP contribution in [0.4, 0.5) is 0 Å². The summed E-state index contributed by atoms with van der Waals surface area (Å²) in [5.74, 6) is 0.174. The fourth-order valence-electron chi connectivity index (χ4n) is 5.56. The first-order valence-electron chi connectivity index (χ1n) is 12.3. The summed E-state index contributed by atoms with van der Waals surface area (Å²) in [6.45, 7) is 7.83. The van der Waals surface area contributed by atoms with Gasteiger partial charge in [-0.1, -0.05) is 29.8 Å². The highest BCUT2D eigenvalue weighted by Gasteiger charge is 2.54. The molecule has 2 fully saturated rings. The Bertz CT molecular complexity index is 1210. The Labute approximate surface area is 216 Å².